The van der Waals surface area contributed by atoms with Gasteiger partial charge in [0.15, 0.2) is 0 Å². The van der Waals surface area contributed by atoms with Gasteiger partial charge >= 0.3 is 0 Å². The molecule has 0 fully saturated rings. The highest BCUT2D eigenvalue weighted by Crippen LogP contribution is 2.39. The third kappa shape index (κ3) is 3.31. The van der Waals surface area contributed by atoms with Crippen molar-refractivity contribution in [2.45, 2.75) is 5.03 Å². The van der Waals surface area contributed by atoms with Crippen molar-refractivity contribution in [2.75, 3.05) is 20.4 Å². The van der Waals surface area contributed by atoms with Gasteiger partial charge in [-0.05, 0) is 54.3 Å². The molecule has 0 radical (unpaired) electrons. The molecule has 0 aliphatic rings. The second-order valence-electron chi connectivity index (χ2n) is 5.03. The first-order valence-electron chi connectivity index (χ1n) is 6.87. The zero-order valence-electron chi connectivity index (χ0n) is 12.9. The number of ether oxygens (including phenoxy) is 1. The van der Waals surface area contributed by atoms with E-state index in [0.29, 0.717) is 5.17 Å². The van der Waals surface area contributed by atoms with Crippen molar-refractivity contribution in [3.05, 3.63) is 36.7 Å². The molecule has 3 rings (SSSR count). The van der Waals surface area contributed by atoms with E-state index in [1.54, 1.807) is 16.7 Å². The Balaban J connectivity index is 2.14. The van der Waals surface area contributed by atoms with Gasteiger partial charge < -0.3 is 9.64 Å². The molecule has 0 atom stereocenters. The third-order valence-corrected chi connectivity index (χ3v) is 5.22. The minimum Gasteiger partial charge on any atom is -0.431 e. The van der Waals surface area contributed by atoms with Crippen molar-refractivity contribution >= 4 is 50.8 Å². The van der Waals surface area contributed by atoms with E-state index in [4.69, 9.17) is 17.0 Å². The van der Waals surface area contributed by atoms with Crippen molar-refractivity contribution in [3.63, 3.8) is 0 Å². The zero-order chi connectivity index (χ0) is 16.4. The van der Waals surface area contributed by atoms with E-state index in [1.807, 2.05) is 50.9 Å². The Hall–Kier alpha value is -1.70. The molecule has 0 unspecified atom stereocenters. The van der Waals surface area contributed by atoms with Gasteiger partial charge in [-0.3, -0.25) is 0 Å². The molecule has 0 spiro atoms. The summed E-state index contributed by atoms with van der Waals surface area (Å²) >= 11 is 8.35. The summed E-state index contributed by atoms with van der Waals surface area (Å²) < 4.78 is 11.3. The fourth-order valence-corrected chi connectivity index (χ4v) is 3.37. The van der Waals surface area contributed by atoms with Crippen LogP contribution in [-0.4, -0.2) is 39.8 Å². The average molecular weight is 362 g/mol. The summed E-state index contributed by atoms with van der Waals surface area (Å²) in [6.07, 6.45) is 5.74. The van der Waals surface area contributed by atoms with Crippen LogP contribution in [0.3, 0.4) is 0 Å². The molecule has 118 valence electrons. The molecule has 0 N–H and O–H groups in total. The zero-order valence-corrected chi connectivity index (χ0v) is 15.4. The van der Waals surface area contributed by atoms with Crippen LogP contribution in [0.5, 0.6) is 5.75 Å². The maximum Gasteiger partial charge on any atom is 0.264 e. The van der Waals surface area contributed by atoms with Gasteiger partial charge in [-0.25, -0.2) is 4.98 Å². The van der Waals surface area contributed by atoms with E-state index >= 15 is 0 Å². The van der Waals surface area contributed by atoms with Crippen LogP contribution in [0.4, 0.5) is 0 Å². The van der Waals surface area contributed by atoms with Crippen molar-refractivity contribution in [1.29, 1.82) is 0 Å². The van der Waals surface area contributed by atoms with Crippen LogP contribution >= 0.6 is 35.5 Å². The lowest BCUT2D eigenvalue weighted by Crippen LogP contribution is -2.25. The molecule has 7 heteroatoms. The summed E-state index contributed by atoms with van der Waals surface area (Å²) in [5.41, 5.74) is 1.98. The molecular weight excluding hydrogens is 346 g/mol. The van der Waals surface area contributed by atoms with Gasteiger partial charge in [0, 0.05) is 43.0 Å². The van der Waals surface area contributed by atoms with Crippen molar-refractivity contribution < 1.29 is 4.74 Å². The number of pyridine rings is 1. The lowest BCUT2D eigenvalue weighted by Gasteiger charge is -2.17. The Morgan fingerprint density at radius 1 is 1.22 bits per heavy atom. The number of rotatable bonds is 3. The third-order valence-electron chi connectivity index (χ3n) is 3.28. The van der Waals surface area contributed by atoms with Gasteiger partial charge in [0.2, 0.25) is 0 Å². The Morgan fingerprint density at radius 2 is 2.04 bits per heavy atom. The molecule has 23 heavy (non-hydrogen) atoms. The second kappa shape index (κ2) is 6.82. The predicted molar refractivity (Wildman–Crippen MR) is 102 cm³/mol. The summed E-state index contributed by atoms with van der Waals surface area (Å²) in [6, 6.07) is 8.00. The van der Waals surface area contributed by atoms with E-state index < -0.39 is 0 Å². The number of aromatic nitrogens is 2. The van der Waals surface area contributed by atoms with Crippen LogP contribution in [0, 0.1) is 0 Å². The number of hydrogen-bond donors (Lipinski definition) is 0. The number of hydrogen-bond acceptors (Lipinski definition) is 6. The molecular formula is C16H15N3OS3. The molecule has 0 amide bonds. The Morgan fingerprint density at radius 3 is 2.70 bits per heavy atom. The molecule has 0 saturated heterocycles. The highest BCUT2D eigenvalue weighted by molar-refractivity contribution is 7.98. The first kappa shape index (κ1) is 16.2. The molecule has 1 aromatic carbocycles. The number of benzene rings is 1. The fraction of sp³-hybridized carbons (Fsp3) is 0.188. The van der Waals surface area contributed by atoms with Crippen LogP contribution in [0.25, 0.3) is 21.2 Å². The Bertz CT molecular complexity index is 843. The van der Waals surface area contributed by atoms with Crippen LogP contribution in [0.2, 0.25) is 0 Å². The maximum absolute atomic E-state index is 5.90. The average Bonchev–Trinajstić information content (AvgIpc) is 3.03. The van der Waals surface area contributed by atoms with E-state index in [1.165, 1.54) is 11.5 Å². The highest BCUT2D eigenvalue weighted by Gasteiger charge is 2.15. The largest absolute Gasteiger partial charge is 0.431 e. The molecule has 0 bridgehead atoms. The van der Waals surface area contributed by atoms with E-state index in [0.717, 1.165) is 32.0 Å². The topological polar surface area (TPSA) is 38.2 Å². The van der Waals surface area contributed by atoms with Gasteiger partial charge in [0.05, 0.1) is 9.73 Å². The second-order valence-corrected chi connectivity index (χ2v) is 7.01. The van der Waals surface area contributed by atoms with Gasteiger partial charge in [-0.1, -0.05) is 0 Å². The fourth-order valence-electron chi connectivity index (χ4n) is 2.11. The lowest BCUT2D eigenvalue weighted by molar-refractivity contribution is 0.451. The first-order chi connectivity index (χ1) is 11.1. The molecule has 4 nitrogen and oxygen atoms in total. The molecule has 0 aliphatic carbocycles. The molecule has 2 heterocycles. The van der Waals surface area contributed by atoms with Crippen LogP contribution in [0.15, 0.2) is 41.7 Å². The van der Waals surface area contributed by atoms with Gasteiger partial charge in [-0.15, -0.1) is 11.8 Å². The van der Waals surface area contributed by atoms with E-state index in [9.17, 15) is 0 Å². The summed E-state index contributed by atoms with van der Waals surface area (Å²) in [6.45, 7) is 0. The Kier molecular flexibility index (Phi) is 4.79. The van der Waals surface area contributed by atoms with Crippen molar-refractivity contribution in [1.82, 2.24) is 14.3 Å². The molecule has 0 aliphatic heterocycles. The molecule has 3 aromatic rings. The molecule has 2 aromatic heterocycles. The number of thioether (sulfide) groups is 1. The summed E-state index contributed by atoms with van der Waals surface area (Å²) in [7, 11) is 3.73. The van der Waals surface area contributed by atoms with Crippen molar-refractivity contribution in [3.8, 4) is 16.9 Å². The SMILES string of the molecule is CSc1ccc(-c2c(OC(=S)N(C)C)ccc3cnsc23)cn1. The standard InChI is InChI=1S/C16H15N3OS3/c1-19(2)16(21)20-12-6-4-11-9-18-23-15(11)14(12)10-5-7-13(22-3)17-8-10/h4-9H,1-3H3. The molecule has 0 saturated carbocycles. The summed E-state index contributed by atoms with van der Waals surface area (Å²) in [5, 5.41) is 2.49. The normalized spacial score (nSPS) is 10.7. The van der Waals surface area contributed by atoms with Gasteiger partial charge in [0.1, 0.15) is 5.75 Å². The van der Waals surface area contributed by atoms with Crippen LogP contribution in [0.1, 0.15) is 0 Å². The summed E-state index contributed by atoms with van der Waals surface area (Å²) in [5.74, 6) is 0.721. The Labute approximate surface area is 148 Å². The van der Waals surface area contributed by atoms with Gasteiger partial charge in [-0.2, -0.15) is 4.37 Å². The number of fused-ring (bicyclic) bond motifs is 1. The van der Waals surface area contributed by atoms with Crippen LogP contribution < -0.4 is 4.74 Å². The number of thiocarbonyl (C=S) groups is 1. The van der Waals surface area contributed by atoms with E-state index in [2.05, 4.69) is 15.4 Å². The predicted octanol–water partition coefficient (Wildman–Crippen LogP) is 4.31. The number of nitrogens with zero attached hydrogens (tertiary/aromatic N) is 3. The monoisotopic (exact) mass is 361 g/mol. The van der Waals surface area contributed by atoms with Gasteiger partial charge in [0.25, 0.3) is 5.17 Å². The summed E-state index contributed by atoms with van der Waals surface area (Å²) in [4.78, 5) is 6.24. The quantitative estimate of drug-likeness (QED) is 0.511. The minimum absolute atomic E-state index is 0.420. The minimum atomic E-state index is 0.420. The highest BCUT2D eigenvalue weighted by atomic mass is 32.2. The lowest BCUT2D eigenvalue weighted by atomic mass is 10.1. The van der Waals surface area contributed by atoms with Crippen LogP contribution in [-0.2, 0) is 0 Å². The van der Waals surface area contributed by atoms with E-state index in [-0.39, 0.29) is 0 Å². The first-order valence-corrected chi connectivity index (χ1v) is 9.27. The van der Waals surface area contributed by atoms with Crippen molar-refractivity contribution in [2.24, 2.45) is 0 Å². The maximum atomic E-state index is 5.90. The smallest absolute Gasteiger partial charge is 0.264 e.